The van der Waals surface area contributed by atoms with Gasteiger partial charge in [-0.05, 0) is 69.2 Å². The van der Waals surface area contributed by atoms with E-state index in [1.807, 2.05) is 36.1 Å². The van der Waals surface area contributed by atoms with Crippen LogP contribution in [0.15, 0.2) is 24.3 Å². The second-order valence-electron chi connectivity index (χ2n) is 8.23. The molecule has 2 heterocycles. The van der Waals surface area contributed by atoms with Crippen molar-refractivity contribution >= 4 is 24.2 Å². The van der Waals surface area contributed by atoms with Crippen LogP contribution in [0, 0.1) is 18.8 Å². The van der Waals surface area contributed by atoms with E-state index in [4.69, 9.17) is 0 Å². The summed E-state index contributed by atoms with van der Waals surface area (Å²) in [7, 11) is 0. The maximum Gasteiger partial charge on any atom is 0.251 e. The molecule has 1 aromatic carbocycles. The van der Waals surface area contributed by atoms with Gasteiger partial charge in [-0.3, -0.25) is 9.59 Å². The minimum atomic E-state index is -0.00343. The van der Waals surface area contributed by atoms with E-state index in [9.17, 15) is 9.59 Å². The second kappa shape index (κ2) is 10.8. The maximum absolute atomic E-state index is 12.7. The molecule has 2 saturated heterocycles. The minimum Gasteiger partial charge on any atom is -0.349 e. The molecule has 0 spiro atoms. The van der Waals surface area contributed by atoms with Crippen molar-refractivity contribution in [2.45, 2.75) is 52.0 Å². The SMILES string of the molecule is Cc1ccccc1C(=O)NC1CCN(C(=O)CC(C)C2CCCNC2)CC1.Cl. The molecular weight excluding hydrogens is 374 g/mol. The Labute approximate surface area is 175 Å². The number of carbonyl (C=O) groups excluding carboxylic acids is 2. The van der Waals surface area contributed by atoms with Gasteiger partial charge in [-0.15, -0.1) is 12.4 Å². The summed E-state index contributed by atoms with van der Waals surface area (Å²) < 4.78 is 0. The zero-order valence-corrected chi connectivity index (χ0v) is 17.9. The van der Waals surface area contributed by atoms with Gasteiger partial charge in [-0.2, -0.15) is 0 Å². The van der Waals surface area contributed by atoms with E-state index in [0.717, 1.165) is 50.1 Å². The van der Waals surface area contributed by atoms with Crippen molar-refractivity contribution in [2.75, 3.05) is 26.2 Å². The van der Waals surface area contributed by atoms with Crippen LogP contribution in [0.2, 0.25) is 0 Å². The molecule has 2 aliphatic rings. The van der Waals surface area contributed by atoms with Crippen molar-refractivity contribution in [2.24, 2.45) is 11.8 Å². The molecule has 1 aromatic rings. The van der Waals surface area contributed by atoms with Crippen LogP contribution >= 0.6 is 12.4 Å². The molecule has 2 unspecified atom stereocenters. The molecule has 156 valence electrons. The van der Waals surface area contributed by atoms with E-state index in [1.165, 1.54) is 12.8 Å². The van der Waals surface area contributed by atoms with E-state index in [2.05, 4.69) is 17.6 Å². The average Bonchev–Trinajstić information content (AvgIpc) is 2.69. The number of hydrogen-bond acceptors (Lipinski definition) is 3. The predicted octanol–water partition coefficient (Wildman–Crippen LogP) is 3.16. The highest BCUT2D eigenvalue weighted by Crippen LogP contribution is 2.24. The Morgan fingerprint density at radius 1 is 1.21 bits per heavy atom. The van der Waals surface area contributed by atoms with Gasteiger partial charge in [0.05, 0.1) is 0 Å². The first-order valence-corrected chi connectivity index (χ1v) is 10.4. The van der Waals surface area contributed by atoms with Crippen LogP contribution in [0.4, 0.5) is 0 Å². The number of amides is 2. The van der Waals surface area contributed by atoms with Gasteiger partial charge in [0.15, 0.2) is 0 Å². The van der Waals surface area contributed by atoms with Gasteiger partial charge in [0.1, 0.15) is 0 Å². The summed E-state index contributed by atoms with van der Waals surface area (Å²) in [6, 6.07) is 7.82. The lowest BCUT2D eigenvalue weighted by atomic mass is 9.85. The first-order valence-electron chi connectivity index (χ1n) is 10.4. The lowest BCUT2D eigenvalue weighted by Crippen LogP contribution is -2.47. The summed E-state index contributed by atoms with van der Waals surface area (Å²) in [5.41, 5.74) is 1.74. The van der Waals surface area contributed by atoms with Crippen LogP contribution < -0.4 is 10.6 Å². The highest BCUT2D eigenvalue weighted by atomic mass is 35.5. The fraction of sp³-hybridized carbons (Fsp3) is 0.636. The number of nitrogens with one attached hydrogen (secondary N) is 2. The van der Waals surface area contributed by atoms with E-state index in [0.29, 0.717) is 18.3 Å². The average molecular weight is 408 g/mol. The largest absolute Gasteiger partial charge is 0.349 e. The Morgan fingerprint density at radius 3 is 2.57 bits per heavy atom. The van der Waals surface area contributed by atoms with E-state index < -0.39 is 0 Å². The summed E-state index contributed by atoms with van der Waals surface area (Å²) in [5, 5.41) is 6.59. The summed E-state index contributed by atoms with van der Waals surface area (Å²) in [5.74, 6) is 1.32. The van der Waals surface area contributed by atoms with E-state index in [-0.39, 0.29) is 30.3 Å². The molecule has 5 nitrogen and oxygen atoms in total. The molecule has 6 heteroatoms. The molecular formula is C22H34ClN3O2. The molecule has 0 radical (unpaired) electrons. The van der Waals surface area contributed by atoms with Gasteiger partial charge >= 0.3 is 0 Å². The monoisotopic (exact) mass is 407 g/mol. The Hall–Kier alpha value is -1.59. The van der Waals surface area contributed by atoms with Gasteiger partial charge < -0.3 is 15.5 Å². The van der Waals surface area contributed by atoms with Crippen LogP contribution in [-0.4, -0.2) is 48.9 Å². The third-order valence-corrected chi connectivity index (χ3v) is 6.21. The number of benzene rings is 1. The smallest absolute Gasteiger partial charge is 0.251 e. The van der Waals surface area contributed by atoms with E-state index >= 15 is 0 Å². The van der Waals surface area contributed by atoms with Crippen molar-refractivity contribution in [3.05, 3.63) is 35.4 Å². The molecule has 0 bridgehead atoms. The van der Waals surface area contributed by atoms with Crippen molar-refractivity contribution in [3.63, 3.8) is 0 Å². The van der Waals surface area contributed by atoms with Gasteiger partial charge in [-0.1, -0.05) is 25.1 Å². The number of hydrogen-bond donors (Lipinski definition) is 2. The molecule has 2 amide bonds. The third-order valence-electron chi connectivity index (χ3n) is 6.21. The van der Waals surface area contributed by atoms with Gasteiger partial charge in [0.2, 0.25) is 5.91 Å². The number of halogens is 1. The number of piperidine rings is 2. The van der Waals surface area contributed by atoms with Crippen molar-refractivity contribution < 1.29 is 9.59 Å². The Morgan fingerprint density at radius 2 is 1.93 bits per heavy atom. The van der Waals surface area contributed by atoms with Crippen LogP contribution in [0.1, 0.15) is 54.9 Å². The molecule has 2 atom stereocenters. The minimum absolute atomic E-state index is 0. The van der Waals surface area contributed by atoms with Crippen molar-refractivity contribution in [1.29, 1.82) is 0 Å². The Kier molecular flexibility index (Phi) is 8.77. The van der Waals surface area contributed by atoms with Crippen molar-refractivity contribution in [1.82, 2.24) is 15.5 Å². The first kappa shape index (κ1) is 22.7. The molecule has 0 saturated carbocycles. The zero-order valence-electron chi connectivity index (χ0n) is 17.1. The zero-order chi connectivity index (χ0) is 19.2. The van der Waals surface area contributed by atoms with E-state index in [1.54, 1.807) is 0 Å². The molecule has 2 N–H and O–H groups in total. The Bertz CT molecular complexity index is 653. The van der Waals surface area contributed by atoms with Crippen LogP contribution in [-0.2, 0) is 4.79 Å². The third kappa shape index (κ3) is 5.95. The predicted molar refractivity (Wildman–Crippen MR) is 115 cm³/mol. The van der Waals surface area contributed by atoms with Gasteiger partial charge in [-0.25, -0.2) is 0 Å². The topological polar surface area (TPSA) is 61.4 Å². The fourth-order valence-corrected chi connectivity index (χ4v) is 4.30. The number of nitrogens with zero attached hydrogens (tertiary/aromatic N) is 1. The number of likely N-dealkylation sites (tertiary alicyclic amines) is 1. The molecule has 3 rings (SSSR count). The summed E-state index contributed by atoms with van der Waals surface area (Å²) in [4.78, 5) is 27.1. The lowest BCUT2D eigenvalue weighted by Gasteiger charge is -2.34. The van der Waals surface area contributed by atoms with Gasteiger partial charge in [0, 0.05) is 31.1 Å². The Balaban J connectivity index is 0.00000280. The fourth-order valence-electron chi connectivity index (χ4n) is 4.30. The van der Waals surface area contributed by atoms with Gasteiger partial charge in [0.25, 0.3) is 5.91 Å². The molecule has 2 aliphatic heterocycles. The second-order valence-corrected chi connectivity index (χ2v) is 8.23. The normalized spacial score (nSPS) is 21.5. The molecule has 2 fully saturated rings. The van der Waals surface area contributed by atoms with Crippen molar-refractivity contribution in [3.8, 4) is 0 Å². The molecule has 0 aliphatic carbocycles. The number of rotatable bonds is 5. The van der Waals surface area contributed by atoms with Crippen LogP contribution in [0.25, 0.3) is 0 Å². The molecule has 0 aromatic heterocycles. The first-order chi connectivity index (χ1) is 13.0. The summed E-state index contributed by atoms with van der Waals surface area (Å²) in [6.45, 7) is 7.81. The number of carbonyl (C=O) groups is 2. The summed E-state index contributed by atoms with van der Waals surface area (Å²) in [6.07, 6.45) is 4.77. The molecule has 28 heavy (non-hydrogen) atoms. The quantitative estimate of drug-likeness (QED) is 0.788. The highest BCUT2D eigenvalue weighted by molar-refractivity contribution is 5.95. The maximum atomic E-state index is 12.7. The van der Waals surface area contributed by atoms with Crippen LogP contribution in [0.5, 0.6) is 0 Å². The van der Waals surface area contributed by atoms with Crippen LogP contribution in [0.3, 0.4) is 0 Å². The standard InChI is InChI=1S/C22H33N3O2.ClH/c1-16-6-3-4-8-20(16)22(27)24-19-9-12-25(13-10-19)21(26)14-17(2)18-7-5-11-23-15-18;/h3-4,6,8,17-19,23H,5,7,9-15H2,1-2H3,(H,24,27);1H. The number of aryl methyl sites for hydroxylation is 1. The highest BCUT2D eigenvalue weighted by Gasteiger charge is 2.27. The summed E-state index contributed by atoms with van der Waals surface area (Å²) >= 11 is 0. The lowest BCUT2D eigenvalue weighted by molar-refractivity contribution is -0.133.